The fourth-order valence-corrected chi connectivity index (χ4v) is 5.03. The highest BCUT2D eigenvalue weighted by Gasteiger charge is 2.22. The number of carbonyl (C=O) groups is 1. The van der Waals surface area contributed by atoms with Crippen LogP contribution in [0.5, 0.6) is 0 Å². The number of carbonyl (C=O) groups excluding carboxylic acids is 1. The van der Waals surface area contributed by atoms with E-state index in [4.69, 9.17) is 16.6 Å². The molecule has 3 rings (SSSR count). The van der Waals surface area contributed by atoms with Gasteiger partial charge in [-0.15, -0.1) is 12.4 Å². The van der Waals surface area contributed by atoms with Crippen LogP contribution in [0.25, 0.3) is 10.2 Å². The van der Waals surface area contributed by atoms with E-state index in [2.05, 4.69) is 37.8 Å². The maximum Gasteiger partial charge on any atom is 0.233 e. The van der Waals surface area contributed by atoms with Crippen LogP contribution >= 0.6 is 35.3 Å². The molecule has 31 heavy (non-hydrogen) atoms. The van der Waals surface area contributed by atoms with Crippen molar-refractivity contribution in [2.24, 2.45) is 0 Å². The molecule has 0 fully saturated rings. The Kier molecular flexibility index (Phi) is 8.90. The lowest BCUT2D eigenvalue weighted by Crippen LogP contribution is -2.34. The first-order chi connectivity index (χ1) is 14.2. The normalized spacial score (nSPS) is 11.1. The number of halogens is 2. The number of amides is 1. The number of rotatable bonds is 7. The molecule has 0 N–H and O–H groups in total. The first-order valence-corrected chi connectivity index (χ1v) is 11.4. The molecule has 0 bridgehead atoms. The van der Waals surface area contributed by atoms with E-state index < -0.39 is 0 Å². The number of hydrogen-bond acceptors (Lipinski definition) is 4. The largest absolute Gasteiger partial charge is 0.309 e. The van der Waals surface area contributed by atoms with Gasteiger partial charge in [0, 0.05) is 11.6 Å². The summed E-state index contributed by atoms with van der Waals surface area (Å²) in [7, 11) is 4.10. The van der Waals surface area contributed by atoms with Gasteiger partial charge >= 0.3 is 0 Å². The molecule has 0 saturated heterocycles. The molecule has 4 nitrogen and oxygen atoms in total. The zero-order chi connectivity index (χ0) is 22.0. The monoisotopic (exact) mass is 479 g/mol. The molecule has 0 saturated carbocycles. The van der Waals surface area contributed by atoms with Crippen molar-refractivity contribution in [2.45, 2.75) is 40.5 Å². The van der Waals surface area contributed by atoms with Gasteiger partial charge in [0.1, 0.15) is 0 Å². The lowest BCUT2D eigenvalue weighted by atomic mass is 9.97. The highest BCUT2D eigenvalue weighted by atomic mass is 35.5. The van der Waals surface area contributed by atoms with Gasteiger partial charge in [0.15, 0.2) is 5.13 Å². The summed E-state index contributed by atoms with van der Waals surface area (Å²) in [6.07, 6.45) is 1.27. The van der Waals surface area contributed by atoms with Crippen molar-refractivity contribution < 1.29 is 4.79 Å². The molecule has 3 aromatic rings. The molecule has 0 unspecified atom stereocenters. The number of benzene rings is 2. The van der Waals surface area contributed by atoms with E-state index in [1.54, 1.807) is 11.3 Å². The Hall–Kier alpha value is -1.66. The van der Waals surface area contributed by atoms with Crippen LogP contribution in [0, 0.1) is 27.7 Å². The average molecular weight is 481 g/mol. The van der Waals surface area contributed by atoms with Crippen molar-refractivity contribution >= 4 is 56.6 Å². The van der Waals surface area contributed by atoms with E-state index in [9.17, 15) is 4.79 Å². The molecule has 0 atom stereocenters. The number of hydrogen-bond donors (Lipinski definition) is 0. The zero-order valence-electron chi connectivity index (χ0n) is 19.1. The van der Waals surface area contributed by atoms with Crippen molar-refractivity contribution in [1.82, 2.24) is 9.88 Å². The van der Waals surface area contributed by atoms with E-state index in [1.165, 1.54) is 16.7 Å². The van der Waals surface area contributed by atoms with Gasteiger partial charge in [0.2, 0.25) is 5.91 Å². The first kappa shape index (κ1) is 25.6. The van der Waals surface area contributed by atoms with Gasteiger partial charge in [-0.2, -0.15) is 0 Å². The molecule has 7 heteroatoms. The van der Waals surface area contributed by atoms with Crippen molar-refractivity contribution in [2.75, 3.05) is 32.1 Å². The Balaban J connectivity index is 0.00000341. The molecule has 1 heterocycles. The molecule has 2 aromatic carbocycles. The van der Waals surface area contributed by atoms with E-state index in [0.717, 1.165) is 39.4 Å². The van der Waals surface area contributed by atoms with Gasteiger partial charge in [-0.05, 0) is 89.1 Å². The predicted octanol–water partition coefficient (Wildman–Crippen LogP) is 6.13. The summed E-state index contributed by atoms with van der Waals surface area (Å²) in [5.41, 5.74) is 6.52. The van der Waals surface area contributed by atoms with Crippen LogP contribution in [0.1, 0.15) is 34.2 Å². The van der Waals surface area contributed by atoms with Crippen LogP contribution in [0.3, 0.4) is 0 Å². The summed E-state index contributed by atoms with van der Waals surface area (Å²) >= 11 is 7.85. The molecule has 1 amide bonds. The quantitative estimate of drug-likeness (QED) is 0.408. The smallest absolute Gasteiger partial charge is 0.233 e. The molecule has 1 aromatic heterocycles. The first-order valence-electron chi connectivity index (χ1n) is 10.2. The Bertz CT molecular complexity index is 1060. The molecular formula is C24H31Cl2N3OS. The predicted molar refractivity (Wildman–Crippen MR) is 136 cm³/mol. The van der Waals surface area contributed by atoms with Crippen molar-refractivity contribution in [3.05, 3.63) is 57.1 Å². The summed E-state index contributed by atoms with van der Waals surface area (Å²) in [5.74, 6) is 0.0895. The van der Waals surface area contributed by atoms with Crippen molar-refractivity contribution in [3.8, 4) is 0 Å². The van der Waals surface area contributed by atoms with Gasteiger partial charge in [0.05, 0.1) is 16.6 Å². The number of thiazole rings is 1. The minimum atomic E-state index is 0. The van der Waals surface area contributed by atoms with Crippen LogP contribution in [0.15, 0.2) is 24.3 Å². The Morgan fingerprint density at radius 2 is 1.71 bits per heavy atom. The van der Waals surface area contributed by atoms with E-state index in [-0.39, 0.29) is 18.3 Å². The van der Waals surface area contributed by atoms with Crippen LogP contribution in [0.2, 0.25) is 5.02 Å². The third-order valence-corrected chi connectivity index (χ3v) is 6.88. The lowest BCUT2D eigenvalue weighted by Gasteiger charge is -2.22. The number of aryl methyl sites for hydroxylation is 4. The van der Waals surface area contributed by atoms with Crippen LogP contribution < -0.4 is 4.90 Å². The van der Waals surface area contributed by atoms with E-state index in [0.29, 0.717) is 18.0 Å². The highest BCUT2D eigenvalue weighted by molar-refractivity contribution is 7.22. The SMILES string of the molecule is Cc1cc(C)c(CC(=O)N(CCCN(C)C)c2nc3c(C)c(Cl)ccc3s2)c(C)c1.Cl. The molecule has 0 spiro atoms. The van der Waals surface area contributed by atoms with Gasteiger partial charge in [-0.1, -0.05) is 40.6 Å². The van der Waals surface area contributed by atoms with Crippen molar-refractivity contribution in [3.63, 3.8) is 0 Å². The summed E-state index contributed by atoms with van der Waals surface area (Å²) in [5, 5.41) is 1.46. The van der Waals surface area contributed by atoms with E-state index >= 15 is 0 Å². The summed E-state index contributed by atoms with van der Waals surface area (Å²) in [4.78, 5) is 22.3. The Labute approximate surface area is 200 Å². The minimum absolute atomic E-state index is 0. The number of aromatic nitrogens is 1. The summed E-state index contributed by atoms with van der Waals surface area (Å²) in [6, 6.07) is 8.19. The molecule has 0 aliphatic carbocycles. The Morgan fingerprint density at radius 3 is 2.32 bits per heavy atom. The van der Waals surface area contributed by atoms with Crippen molar-refractivity contribution in [1.29, 1.82) is 0 Å². The van der Waals surface area contributed by atoms with Gasteiger partial charge in [-0.25, -0.2) is 4.98 Å². The van der Waals surface area contributed by atoms with Gasteiger partial charge < -0.3 is 4.90 Å². The number of anilines is 1. The second-order valence-electron chi connectivity index (χ2n) is 8.27. The lowest BCUT2D eigenvalue weighted by molar-refractivity contribution is -0.118. The molecule has 168 valence electrons. The minimum Gasteiger partial charge on any atom is -0.309 e. The maximum atomic E-state index is 13.5. The second-order valence-corrected chi connectivity index (χ2v) is 9.69. The topological polar surface area (TPSA) is 36.4 Å². The van der Waals surface area contributed by atoms with Crippen LogP contribution in [-0.4, -0.2) is 43.0 Å². The maximum absolute atomic E-state index is 13.5. The third kappa shape index (κ3) is 5.98. The fraction of sp³-hybridized carbons (Fsp3) is 0.417. The zero-order valence-corrected chi connectivity index (χ0v) is 21.5. The van der Waals surface area contributed by atoms with E-state index in [1.807, 2.05) is 38.1 Å². The average Bonchev–Trinajstić information content (AvgIpc) is 3.09. The fourth-order valence-electron chi connectivity index (χ4n) is 3.81. The Morgan fingerprint density at radius 1 is 1.06 bits per heavy atom. The summed E-state index contributed by atoms with van der Waals surface area (Å²) < 4.78 is 1.06. The number of nitrogens with zero attached hydrogens (tertiary/aromatic N) is 3. The molecule has 0 radical (unpaired) electrons. The second kappa shape index (κ2) is 10.8. The molecular weight excluding hydrogens is 449 g/mol. The molecule has 0 aliphatic heterocycles. The van der Waals surface area contributed by atoms with Gasteiger partial charge in [0.25, 0.3) is 0 Å². The number of fused-ring (bicyclic) bond motifs is 1. The molecule has 0 aliphatic rings. The highest BCUT2D eigenvalue weighted by Crippen LogP contribution is 2.34. The third-order valence-electron chi connectivity index (χ3n) is 5.42. The van der Waals surface area contributed by atoms with Crippen LogP contribution in [0.4, 0.5) is 5.13 Å². The standard InChI is InChI=1S/C24H30ClN3OS.ClH/c1-15-12-16(2)19(17(3)13-15)14-22(29)28(11-7-10-27(5)6)24-26-23-18(4)20(25)8-9-21(23)30-24;/h8-9,12-13H,7,10-11,14H2,1-6H3;1H. The van der Waals surface area contributed by atoms with Crippen LogP contribution in [-0.2, 0) is 11.2 Å². The van der Waals surface area contributed by atoms with Gasteiger partial charge in [-0.3, -0.25) is 9.69 Å². The summed E-state index contributed by atoms with van der Waals surface area (Å²) in [6.45, 7) is 9.80.